The van der Waals surface area contributed by atoms with Crippen molar-refractivity contribution < 1.29 is 9.84 Å². The monoisotopic (exact) mass is 294 g/mol. The van der Waals surface area contributed by atoms with Crippen LogP contribution in [0.15, 0.2) is 52.3 Å². The molecule has 2 aromatic rings. The molecule has 2 rings (SSSR count). The highest BCUT2D eigenvalue weighted by Gasteiger charge is 2.09. The molecule has 1 N–H and O–H groups in total. The number of benzene rings is 2. The van der Waals surface area contributed by atoms with E-state index in [0.29, 0.717) is 5.02 Å². The lowest BCUT2D eigenvalue weighted by molar-refractivity contribution is 0.199. The van der Waals surface area contributed by atoms with E-state index in [2.05, 4.69) is 0 Å². The van der Waals surface area contributed by atoms with Gasteiger partial charge in [0.2, 0.25) is 0 Å². The first-order valence-electron chi connectivity index (χ1n) is 5.90. The SMILES string of the molecule is COc1ccccc1Sc1ccc([C@H](C)O)cc1Cl. The van der Waals surface area contributed by atoms with Crippen LogP contribution < -0.4 is 4.74 Å². The summed E-state index contributed by atoms with van der Waals surface area (Å²) >= 11 is 7.79. The normalized spacial score (nSPS) is 12.2. The smallest absolute Gasteiger partial charge is 0.132 e. The number of para-hydroxylation sites is 1. The third-order valence-corrected chi connectivity index (χ3v) is 4.29. The molecular formula is C15H15ClO2S. The molecule has 2 nitrogen and oxygen atoms in total. The van der Waals surface area contributed by atoms with Gasteiger partial charge in [0, 0.05) is 4.90 Å². The first-order valence-corrected chi connectivity index (χ1v) is 7.09. The number of rotatable bonds is 4. The van der Waals surface area contributed by atoms with E-state index < -0.39 is 6.10 Å². The number of ether oxygens (including phenoxy) is 1. The van der Waals surface area contributed by atoms with Crippen LogP contribution in [0.25, 0.3) is 0 Å². The van der Waals surface area contributed by atoms with Gasteiger partial charge >= 0.3 is 0 Å². The van der Waals surface area contributed by atoms with Gasteiger partial charge in [-0.1, -0.05) is 41.6 Å². The Kier molecular flexibility index (Phi) is 4.75. The first kappa shape index (κ1) is 14.3. The molecule has 0 aliphatic carbocycles. The summed E-state index contributed by atoms with van der Waals surface area (Å²) in [6, 6.07) is 13.4. The third-order valence-electron chi connectivity index (χ3n) is 2.73. The molecule has 0 radical (unpaired) electrons. The topological polar surface area (TPSA) is 29.5 Å². The van der Waals surface area contributed by atoms with Crippen molar-refractivity contribution in [1.29, 1.82) is 0 Å². The molecule has 0 unspecified atom stereocenters. The van der Waals surface area contributed by atoms with Gasteiger partial charge in [0.25, 0.3) is 0 Å². The number of halogens is 1. The minimum Gasteiger partial charge on any atom is -0.496 e. The van der Waals surface area contributed by atoms with Crippen LogP contribution in [0.1, 0.15) is 18.6 Å². The lowest BCUT2D eigenvalue weighted by atomic mass is 10.1. The molecule has 0 aliphatic rings. The standard InChI is InChI=1S/C15H15ClO2S/c1-10(17)11-7-8-14(12(16)9-11)19-15-6-4-3-5-13(15)18-2/h3-10,17H,1-2H3/t10-/m0/s1. The number of aliphatic hydroxyl groups is 1. The molecule has 1 atom stereocenters. The van der Waals surface area contributed by atoms with Crippen molar-refractivity contribution in [1.82, 2.24) is 0 Å². The largest absolute Gasteiger partial charge is 0.496 e. The average molecular weight is 295 g/mol. The van der Waals surface area contributed by atoms with Gasteiger partial charge in [-0.05, 0) is 36.8 Å². The molecular weight excluding hydrogens is 280 g/mol. The van der Waals surface area contributed by atoms with Crippen molar-refractivity contribution in [2.45, 2.75) is 22.8 Å². The maximum absolute atomic E-state index is 9.53. The number of hydrogen-bond donors (Lipinski definition) is 1. The van der Waals surface area contributed by atoms with Gasteiger partial charge in [-0.25, -0.2) is 0 Å². The van der Waals surface area contributed by atoms with Crippen LogP contribution in [0, 0.1) is 0 Å². The second-order valence-electron chi connectivity index (χ2n) is 4.12. The predicted molar refractivity (Wildman–Crippen MR) is 79.2 cm³/mol. The van der Waals surface area contributed by atoms with Gasteiger partial charge in [0.05, 0.1) is 23.1 Å². The summed E-state index contributed by atoms with van der Waals surface area (Å²) in [5, 5.41) is 10.2. The predicted octanol–water partition coefficient (Wildman–Crippen LogP) is 4.55. The summed E-state index contributed by atoms with van der Waals surface area (Å²) in [4.78, 5) is 1.95. The highest BCUT2D eigenvalue weighted by atomic mass is 35.5. The Bertz CT molecular complexity index is 570. The molecule has 100 valence electrons. The van der Waals surface area contributed by atoms with Gasteiger partial charge in [-0.15, -0.1) is 0 Å². The zero-order valence-electron chi connectivity index (χ0n) is 10.8. The highest BCUT2D eigenvalue weighted by molar-refractivity contribution is 7.99. The van der Waals surface area contributed by atoms with Crippen LogP contribution in [0.5, 0.6) is 5.75 Å². The first-order chi connectivity index (χ1) is 9.11. The van der Waals surface area contributed by atoms with Crippen molar-refractivity contribution in [3.63, 3.8) is 0 Å². The van der Waals surface area contributed by atoms with Crippen LogP contribution in [0.2, 0.25) is 5.02 Å². The fourth-order valence-electron chi connectivity index (χ4n) is 1.68. The van der Waals surface area contributed by atoms with Crippen LogP contribution in [-0.4, -0.2) is 12.2 Å². The molecule has 0 amide bonds. The quantitative estimate of drug-likeness (QED) is 0.897. The van der Waals surface area contributed by atoms with E-state index in [9.17, 15) is 5.11 Å². The lowest BCUT2D eigenvalue weighted by Gasteiger charge is -2.11. The molecule has 0 bridgehead atoms. The van der Waals surface area contributed by atoms with Gasteiger partial charge in [0.1, 0.15) is 5.75 Å². The van der Waals surface area contributed by atoms with E-state index in [1.807, 2.05) is 36.4 Å². The number of methoxy groups -OCH3 is 1. The summed E-state index contributed by atoms with van der Waals surface area (Å²) in [5.74, 6) is 0.822. The molecule has 0 saturated carbocycles. The van der Waals surface area contributed by atoms with Crippen LogP contribution in [-0.2, 0) is 0 Å². The summed E-state index contributed by atoms with van der Waals surface area (Å²) in [7, 11) is 1.65. The summed E-state index contributed by atoms with van der Waals surface area (Å²) < 4.78 is 5.32. The molecule has 19 heavy (non-hydrogen) atoms. The van der Waals surface area contributed by atoms with Gasteiger partial charge in [-0.3, -0.25) is 0 Å². The Morgan fingerprint density at radius 2 is 1.89 bits per heavy atom. The van der Waals surface area contributed by atoms with Crippen molar-refractivity contribution in [2.75, 3.05) is 7.11 Å². The van der Waals surface area contributed by atoms with E-state index in [-0.39, 0.29) is 0 Å². The average Bonchev–Trinajstić information content (AvgIpc) is 2.41. The Hall–Kier alpha value is -1.16. The third kappa shape index (κ3) is 3.44. The maximum atomic E-state index is 9.53. The zero-order chi connectivity index (χ0) is 13.8. The fraction of sp³-hybridized carbons (Fsp3) is 0.200. The Balaban J connectivity index is 2.28. The second kappa shape index (κ2) is 6.33. The number of hydrogen-bond acceptors (Lipinski definition) is 3. The zero-order valence-corrected chi connectivity index (χ0v) is 12.3. The van der Waals surface area contributed by atoms with E-state index in [1.165, 1.54) is 0 Å². The second-order valence-corrected chi connectivity index (χ2v) is 5.61. The molecule has 2 aromatic carbocycles. The minimum atomic E-state index is -0.511. The van der Waals surface area contributed by atoms with E-state index >= 15 is 0 Å². The molecule has 0 heterocycles. The van der Waals surface area contributed by atoms with E-state index in [4.69, 9.17) is 16.3 Å². The molecule has 0 saturated heterocycles. The van der Waals surface area contributed by atoms with Crippen LogP contribution >= 0.6 is 23.4 Å². The van der Waals surface area contributed by atoms with Crippen molar-refractivity contribution in [3.05, 3.63) is 53.1 Å². The van der Waals surface area contributed by atoms with Crippen molar-refractivity contribution >= 4 is 23.4 Å². The Labute approximate surface area is 122 Å². The fourth-order valence-corrected chi connectivity index (χ4v) is 2.91. The van der Waals surface area contributed by atoms with Gasteiger partial charge < -0.3 is 9.84 Å². The van der Waals surface area contributed by atoms with E-state index in [0.717, 1.165) is 21.1 Å². The molecule has 0 fully saturated rings. The van der Waals surface area contributed by atoms with E-state index in [1.54, 1.807) is 31.9 Å². The van der Waals surface area contributed by atoms with Crippen LogP contribution in [0.4, 0.5) is 0 Å². The molecule has 4 heteroatoms. The van der Waals surface area contributed by atoms with Gasteiger partial charge in [-0.2, -0.15) is 0 Å². The summed E-state index contributed by atoms with van der Waals surface area (Å²) in [6.07, 6.45) is -0.511. The van der Waals surface area contributed by atoms with Crippen LogP contribution in [0.3, 0.4) is 0 Å². The molecule has 0 aromatic heterocycles. The number of aliphatic hydroxyl groups excluding tert-OH is 1. The van der Waals surface area contributed by atoms with Crippen molar-refractivity contribution in [2.24, 2.45) is 0 Å². The van der Waals surface area contributed by atoms with Gasteiger partial charge in [0.15, 0.2) is 0 Å². The highest BCUT2D eigenvalue weighted by Crippen LogP contribution is 2.38. The molecule has 0 aliphatic heterocycles. The minimum absolute atomic E-state index is 0.511. The summed E-state index contributed by atoms with van der Waals surface area (Å²) in [6.45, 7) is 1.72. The molecule has 0 spiro atoms. The maximum Gasteiger partial charge on any atom is 0.132 e. The lowest BCUT2D eigenvalue weighted by Crippen LogP contribution is -1.91. The van der Waals surface area contributed by atoms with Crippen molar-refractivity contribution in [3.8, 4) is 5.75 Å². The summed E-state index contributed by atoms with van der Waals surface area (Å²) in [5.41, 5.74) is 0.814. The Morgan fingerprint density at radius 1 is 1.16 bits per heavy atom. The Morgan fingerprint density at radius 3 is 2.53 bits per heavy atom.